The third kappa shape index (κ3) is 3.93. The monoisotopic (exact) mass is 284 g/mol. The molecule has 21 heavy (non-hydrogen) atoms. The Morgan fingerprint density at radius 2 is 1.90 bits per heavy atom. The molecule has 0 saturated carbocycles. The van der Waals surface area contributed by atoms with Gasteiger partial charge in [-0.3, -0.25) is 4.79 Å². The van der Waals surface area contributed by atoms with Crippen molar-refractivity contribution in [2.24, 2.45) is 5.92 Å². The first kappa shape index (κ1) is 15.3. The molecule has 0 aromatic heterocycles. The minimum absolute atomic E-state index is 0.116. The Morgan fingerprint density at radius 1 is 1.29 bits per heavy atom. The molecule has 110 valence electrons. The third-order valence-corrected chi connectivity index (χ3v) is 3.49. The third-order valence-electron chi connectivity index (χ3n) is 3.49. The summed E-state index contributed by atoms with van der Waals surface area (Å²) in [6.45, 7) is 6.89. The van der Waals surface area contributed by atoms with Gasteiger partial charge in [0.1, 0.15) is 6.07 Å². The van der Waals surface area contributed by atoms with Crippen LogP contribution in [0, 0.1) is 17.2 Å². The fourth-order valence-electron chi connectivity index (χ4n) is 2.24. The molecule has 0 unspecified atom stereocenters. The predicted molar refractivity (Wildman–Crippen MR) is 82.9 cm³/mol. The maximum atomic E-state index is 11.9. The van der Waals surface area contributed by atoms with E-state index in [1.807, 2.05) is 30.3 Å². The molecule has 1 fully saturated rings. The number of benzene rings is 1. The summed E-state index contributed by atoms with van der Waals surface area (Å²) in [5, 5.41) is 9.10. The van der Waals surface area contributed by atoms with Crippen molar-refractivity contribution in [2.45, 2.75) is 13.8 Å². The number of ketones is 1. The lowest BCUT2D eigenvalue weighted by Gasteiger charge is -2.28. The first-order chi connectivity index (χ1) is 10.1. The van der Waals surface area contributed by atoms with Crippen molar-refractivity contribution in [3.63, 3.8) is 0 Å². The summed E-state index contributed by atoms with van der Waals surface area (Å²) < 4.78 is 5.34. The Hall–Kier alpha value is -2.12. The molecule has 0 atom stereocenters. The van der Waals surface area contributed by atoms with E-state index >= 15 is 0 Å². The van der Waals surface area contributed by atoms with Crippen molar-refractivity contribution in [1.82, 2.24) is 0 Å². The van der Waals surface area contributed by atoms with Crippen molar-refractivity contribution < 1.29 is 9.53 Å². The number of carbonyl (C=O) groups is 1. The van der Waals surface area contributed by atoms with E-state index in [9.17, 15) is 4.79 Å². The molecular weight excluding hydrogens is 264 g/mol. The van der Waals surface area contributed by atoms with Crippen LogP contribution < -0.4 is 4.90 Å². The van der Waals surface area contributed by atoms with E-state index in [1.54, 1.807) is 19.9 Å². The molecule has 4 nitrogen and oxygen atoms in total. The average Bonchev–Trinajstić information content (AvgIpc) is 2.53. The fourth-order valence-corrected chi connectivity index (χ4v) is 2.24. The van der Waals surface area contributed by atoms with Gasteiger partial charge in [0.2, 0.25) is 0 Å². The van der Waals surface area contributed by atoms with Crippen LogP contribution in [0.3, 0.4) is 0 Å². The lowest BCUT2D eigenvalue weighted by molar-refractivity contribution is -0.117. The number of ether oxygens (including phenoxy) is 1. The van der Waals surface area contributed by atoms with Crippen molar-refractivity contribution >= 4 is 17.5 Å². The summed E-state index contributed by atoms with van der Waals surface area (Å²) in [5.41, 5.74) is 2.23. The molecule has 1 aromatic carbocycles. The normalized spacial score (nSPS) is 15.9. The quantitative estimate of drug-likeness (QED) is 0.630. The fraction of sp³-hybridized carbons (Fsp3) is 0.412. The van der Waals surface area contributed by atoms with Crippen molar-refractivity contribution in [3.05, 3.63) is 35.4 Å². The van der Waals surface area contributed by atoms with E-state index in [2.05, 4.69) is 4.90 Å². The van der Waals surface area contributed by atoms with Crippen LogP contribution in [0.5, 0.6) is 0 Å². The van der Waals surface area contributed by atoms with Crippen LogP contribution in [0.25, 0.3) is 6.08 Å². The molecule has 0 spiro atoms. The van der Waals surface area contributed by atoms with E-state index in [4.69, 9.17) is 10.00 Å². The lowest BCUT2D eigenvalue weighted by Crippen LogP contribution is -2.36. The Morgan fingerprint density at radius 3 is 2.43 bits per heavy atom. The summed E-state index contributed by atoms with van der Waals surface area (Å²) in [6, 6.07) is 9.91. The van der Waals surface area contributed by atoms with Gasteiger partial charge in [0, 0.05) is 24.7 Å². The zero-order valence-electron chi connectivity index (χ0n) is 12.5. The highest BCUT2D eigenvalue weighted by Crippen LogP contribution is 2.18. The molecule has 2 rings (SSSR count). The van der Waals surface area contributed by atoms with E-state index in [1.165, 1.54) is 0 Å². The number of anilines is 1. The van der Waals surface area contributed by atoms with Crippen LogP contribution in [0.2, 0.25) is 0 Å². The van der Waals surface area contributed by atoms with Crippen LogP contribution in [0.1, 0.15) is 19.4 Å². The number of allylic oxidation sites excluding steroid dienone is 1. The minimum Gasteiger partial charge on any atom is -0.378 e. The highest BCUT2D eigenvalue weighted by Gasteiger charge is 2.14. The largest absolute Gasteiger partial charge is 0.378 e. The highest BCUT2D eigenvalue weighted by atomic mass is 16.5. The van der Waals surface area contributed by atoms with Gasteiger partial charge in [0.15, 0.2) is 5.78 Å². The molecule has 1 aliphatic rings. The van der Waals surface area contributed by atoms with Gasteiger partial charge < -0.3 is 9.64 Å². The van der Waals surface area contributed by atoms with Crippen LogP contribution >= 0.6 is 0 Å². The number of carbonyl (C=O) groups excluding carboxylic acids is 1. The van der Waals surface area contributed by atoms with Gasteiger partial charge >= 0.3 is 0 Å². The zero-order valence-corrected chi connectivity index (χ0v) is 12.5. The number of morpholine rings is 1. The van der Waals surface area contributed by atoms with Gasteiger partial charge in [-0.05, 0) is 23.8 Å². The van der Waals surface area contributed by atoms with Gasteiger partial charge in [-0.15, -0.1) is 0 Å². The lowest BCUT2D eigenvalue weighted by atomic mass is 10.00. The summed E-state index contributed by atoms with van der Waals surface area (Å²) >= 11 is 0. The van der Waals surface area contributed by atoms with Crippen molar-refractivity contribution in [1.29, 1.82) is 5.26 Å². The predicted octanol–water partition coefficient (Wildman–Crippen LogP) is 2.66. The second-order valence-corrected chi connectivity index (χ2v) is 5.38. The summed E-state index contributed by atoms with van der Waals surface area (Å²) in [6.07, 6.45) is 1.66. The first-order valence-corrected chi connectivity index (χ1v) is 7.20. The number of hydrogen-bond donors (Lipinski definition) is 0. The maximum Gasteiger partial charge on any atom is 0.175 e. The van der Waals surface area contributed by atoms with Crippen LogP contribution in [-0.2, 0) is 9.53 Å². The van der Waals surface area contributed by atoms with Crippen molar-refractivity contribution in [3.8, 4) is 6.07 Å². The summed E-state index contributed by atoms with van der Waals surface area (Å²) in [7, 11) is 0. The van der Waals surface area contributed by atoms with Gasteiger partial charge in [0.05, 0.1) is 18.8 Å². The Kier molecular flexibility index (Phi) is 5.13. The summed E-state index contributed by atoms with van der Waals surface area (Å²) in [5.74, 6) is -0.279. The molecular formula is C17H20N2O2. The van der Waals surface area contributed by atoms with E-state index in [-0.39, 0.29) is 17.3 Å². The molecule has 0 aliphatic carbocycles. The van der Waals surface area contributed by atoms with Crippen LogP contribution in [0.15, 0.2) is 29.8 Å². The average molecular weight is 284 g/mol. The van der Waals surface area contributed by atoms with Gasteiger partial charge in [-0.25, -0.2) is 0 Å². The van der Waals surface area contributed by atoms with E-state index < -0.39 is 0 Å². The molecule has 1 heterocycles. The van der Waals surface area contributed by atoms with Crippen molar-refractivity contribution in [2.75, 3.05) is 31.2 Å². The number of nitriles is 1. The standard InChI is InChI=1S/C17H20N2O2/c1-13(2)17(20)15(12-18)11-14-3-5-16(6-4-14)19-7-9-21-10-8-19/h3-6,11,13H,7-10H2,1-2H3. The van der Waals surface area contributed by atoms with E-state index in [0.29, 0.717) is 0 Å². The molecule has 0 amide bonds. The van der Waals surface area contributed by atoms with Gasteiger partial charge in [-0.2, -0.15) is 5.26 Å². The van der Waals surface area contributed by atoms with Crippen LogP contribution in [-0.4, -0.2) is 32.1 Å². The first-order valence-electron chi connectivity index (χ1n) is 7.20. The van der Waals surface area contributed by atoms with Gasteiger partial charge in [-0.1, -0.05) is 26.0 Å². The highest BCUT2D eigenvalue weighted by molar-refractivity contribution is 6.04. The second-order valence-electron chi connectivity index (χ2n) is 5.38. The minimum atomic E-state index is -0.163. The van der Waals surface area contributed by atoms with Gasteiger partial charge in [0.25, 0.3) is 0 Å². The molecule has 1 aromatic rings. The number of Topliss-reactive ketones (excluding diaryl/α,β-unsaturated/α-hetero) is 1. The number of hydrogen-bond acceptors (Lipinski definition) is 4. The molecule has 0 N–H and O–H groups in total. The van der Waals surface area contributed by atoms with Crippen LogP contribution in [0.4, 0.5) is 5.69 Å². The number of nitrogens with zero attached hydrogens (tertiary/aromatic N) is 2. The Bertz CT molecular complexity index is 561. The Balaban J connectivity index is 2.14. The zero-order chi connectivity index (χ0) is 15.2. The molecule has 0 bridgehead atoms. The second kappa shape index (κ2) is 7.05. The smallest absolute Gasteiger partial charge is 0.175 e. The molecule has 1 saturated heterocycles. The molecule has 1 aliphatic heterocycles. The summed E-state index contributed by atoms with van der Waals surface area (Å²) in [4.78, 5) is 14.1. The number of rotatable bonds is 4. The topological polar surface area (TPSA) is 53.3 Å². The van der Waals surface area contributed by atoms with E-state index in [0.717, 1.165) is 37.6 Å². The SMILES string of the molecule is CC(C)C(=O)C(C#N)=Cc1ccc(N2CCOCC2)cc1. The Labute approximate surface area is 125 Å². The maximum absolute atomic E-state index is 11.9. The molecule has 0 radical (unpaired) electrons. The molecule has 4 heteroatoms.